The van der Waals surface area contributed by atoms with Crippen LogP contribution in [0.4, 0.5) is 4.39 Å². The van der Waals surface area contributed by atoms with Gasteiger partial charge in [0, 0.05) is 38.4 Å². The molecular formula is C22H22ClFN2O2. The average molecular weight is 401 g/mol. The van der Waals surface area contributed by atoms with Crippen molar-refractivity contribution < 1.29 is 14.0 Å². The third-order valence-corrected chi connectivity index (χ3v) is 6.35. The molecule has 0 bridgehead atoms. The van der Waals surface area contributed by atoms with Gasteiger partial charge in [-0.05, 0) is 30.2 Å². The van der Waals surface area contributed by atoms with Crippen molar-refractivity contribution in [3.8, 4) is 0 Å². The molecule has 0 aromatic heterocycles. The number of nitrogens with zero attached hydrogens (tertiary/aromatic N) is 2. The maximum absolute atomic E-state index is 14.2. The molecule has 2 heterocycles. The Morgan fingerprint density at radius 3 is 2.50 bits per heavy atom. The minimum absolute atomic E-state index is 0.0395. The van der Waals surface area contributed by atoms with Gasteiger partial charge in [0.05, 0.1) is 16.6 Å². The summed E-state index contributed by atoms with van der Waals surface area (Å²) >= 11 is 6.09. The summed E-state index contributed by atoms with van der Waals surface area (Å²) in [5.74, 6) is -0.647. The Balaban J connectivity index is 1.64. The van der Waals surface area contributed by atoms with Crippen molar-refractivity contribution in [2.45, 2.75) is 19.9 Å². The monoisotopic (exact) mass is 400 g/mol. The second-order valence-electron chi connectivity index (χ2n) is 7.70. The van der Waals surface area contributed by atoms with E-state index in [0.717, 1.165) is 11.1 Å². The van der Waals surface area contributed by atoms with Gasteiger partial charge < -0.3 is 9.80 Å². The molecule has 2 aliphatic rings. The molecule has 2 aromatic carbocycles. The molecule has 0 N–H and O–H groups in total. The van der Waals surface area contributed by atoms with Crippen molar-refractivity contribution >= 4 is 23.4 Å². The molecule has 0 radical (unpaired) electrons. The number of carbonyl (C=O) groups is 2. The van der Waals surface area contributed by atoms with Crippen LogP contribution in [0.15, 0.2) is 42.5 Å². The maximum atomic E-state index is 14.2. The van der Waals surface area contributed by atoms with E-state index in [1.807, 2.05) is 30.0 Å². The van der Waals surface area contributed by atoms with Crippen molar-refractivity contribution in [3.05, 3.63) is 70.0 Å². The van der Waals surface area contributed by atoms with E-state index < -0.39 is 5.82 Å². The molecule has 2 fully saturated rings. The second-order valence-corrected chi connectivity index (χ2v) is 8.11. The molecule has 0 unspecified atom stereocenters. The van der Waals surface area contributed by atoms with E-state index >= 15 is 0 Å². The Hall–Kier alpha value is -2.40. The summed E-state index contributed by atoms with van der Waals surface area (Å²) in [5, 5.41) is 0.128. The summed E-state index contributed by atoms with van der Waals surface area (Å²) in [7, 11) is 0. The SMILES string of the molecule is CC(=O)N1C[C@H]2CN(C(=O)c3c(F)cccc3Cl)C[C@H]2[C@@H]1c1ccccc1C. The van der Waals surface area contributed by atoms with E-state index in [0.29, 0.717) is 19.6 Å². The number of halogens is 2. The standard InChI is InChI=1S/C22H22ClFN2O2/c1-13-6-3-4-7-16(13)21-17-12-25(10-15(17)11-26(21)14(2)27)22(28)20-18(23)8-5-9-19(20)24/h3-9,15,17,21H,10-12H2,1-2H3/t15-,17-,21+/m1/s1. The van der Waals surface area contributed by atoms with E-state index in [2.05, 4.69) is 6.07 Å². The third kappa shape index (κ3) is 3.08. The Bertz CT molecular complexity index is 928. The fourth-order valence-corrected chi connectivity index (χ4v) is 4.96. The number of aryl methyl sites for hydroxylation is 1. The summed E-state index contributed by atoms with van der Waals surface area (Å²) in [6.45, 7) is 5.22. The first-order valence-corrected chi connectivity index (χ1v) is 9.82. The van der Waals surface area contributed by atoms with Gasteiger partial charge in [-0.2, -0.15) is 0 Å². The van der Waals surface area contributed by atoms with Gasteiger partial charge in [-0.1, -0.05) is 41.9 Å². The molecule has 4 nitrogen and oxygen atoms in total. The molecule has 0 aliphatic carbocycles. The second kappa shape index (κ2) is 7.21. The molecule has 2 aromatic rings. The molecule has 0 spiro atoms. The van der Waals surface area contributed by atoms with Gasteiger partial charge in [-0.3, -0.25) is 9.59 Å². The van der Waals surface area contributed by atoms with E-state index in [1.54, 1.807) is 11.8 Å². The Morgan fingerprint density at radius 1 is 1.07 bits per heavy atom. The number of hydrogen-bond donors (Lipinski definition) is 0. The highest BCUT2D eigenvalue weighted by Crippen LogP contribution is 2.46. The number of carbonyl (C=O) groups excluding carboxylic acids is 2. The van der Waals surface area contributed by atoms with Gasteiger partial charge in [-0.25, -0.2) is 4.39 Å². The molecular weight excluding hydrogens is 379 g/mol. The minimum Gasteiger partial charge on any atom is -0.338 e. The molecule has 2 amide bonds. The number of likely N-dealkylation sites (tertiary alicyclic amines) is 2. The van der Waals surface area contributed by atoms with Crippen LogP contribution in [0.2, 0.25) is 5.02 Å². The van der Waals surface area contributed by atoms with Gasteiger partial charge >= 0.3 is 0 Å². The summed E-state index contributed by atoms with van der Waals surface area (Å²) < 4.78 is 14.2. The lowest BCUT2D eigenvalue weighted by Crippen LogP contribution is -2.37. The van der Waals surface area contributed by atoms with Crippen LogP contribution in [0.1, 0.15) is 34.5 Å². The molecule has 4 rings (SSSR count). The van der Waals surface area contributed by atoms with Gasteiger partial charge in [0.1, 0.15) is 5.82 Å². The third-order valence-electron chi connectivity index (χ3n) is 6.04. The van der Waals surface area contributed by atoms with Crippen molar-refractivity contribution in [3.63, 3.8) is 0 Å². The van der Waals surface area contributed by atoms with Gasteiger partial charge in [-0.15, -0.1) is 0 Å². The van der Waals surface area contributed by atoms with Gasteiger partial charge in [0.25, 0.3) is 5.91 Å². The Morgan fingerprint density at radius 2 is 1.82 bits per heavy atom. The summed E-state index contributed by atoms with van der Waals surface area (Å²) in [4.78, 5) is 28.8. The van der Waals surface area contributed by atoms with Crippen LogP contribution in [0, 0.1) is 24.6 Å². The van der Waals surface area contributed by atoms with E-state index in [1.165, 1.54) is 18.2 Å². The van der Waals surface area contributed by atoms with Gasteiger partial charge in [0.15, 0.2) is 0 Å². The van der Waals surface area contributed by atoms with Crippen LogP contribution in [0.5, 0.6) is 0 Å². The first-order chi connectivity index (χ1) is 13.4. The smallest absolute Gasteiger partial charge is 0.258 e. The number of fused-ring (bicyclic) bond motifs is 1. The zero-order valence-electron chi connectivity index (χ0n) is 15.9. The molecule has 2 saturated heterocycles. The average Bonchev–Trinajstić information content (AvgIpc) is 3.20. The van der Waals surface area contributed by atoms with Crippen LogP contribution in [0.25, 0.3) is 0 Å². The fourth-order valence-electron chi connectivity index (χ4n) is 4.71. The molecule has 146 valence electrons. The molecule has 3 atom stereocenters. The lowest BCUT2D eigenvalue weighted by molar-refractivity contribution is -0.130. The number of hydrogen-bond acceptors (Lipinski definition) is 2. The maximum Gasteiger partial charge on any atom is 0.258 e. The van der Waals surface area contributed by atoms with E-state index in [-0.39, 0.29) is 40.3 Å². The minimum atomic E-state index is -0.602. The first-order valence-electron chi connectivity index (χ1n) is 9.44. The van der Waals surface area contributed by atoms with Crippen molar-refractivity contribution in [2.75, 3.05) is 19.6 Å². The van der Waals surface area contributed by atoms with Gasteiger partial charge in [0.2, 0.25) is 5.91 Å². The predicted molar refractivity (Wildman–Crippen MR) is 106 cm³/mol. The zero-order chi connectivity index (χ0) is 20.0. The van der Waals surface area contributed by atoms with Crippen LogP contribution in [-0.4, -0.2) is 41.2 Å². The topological polar surface area (TPSA) is 40.6 Å². The van der Waals surface area contributed by atoms with E-state index in [9.17, 15) is 14.0 Å². The highest BCUT2D eigenvalue weighted by Gasteiger charge is 2.50. The number of benzene rings is 2. The number of amides is 2. The quantitative estimate of drug-likeness (QED) is 0.762. The molecule has 0 saturated carbocycles. The lowest BCUT2D eigenvalue weighted by Gasteiger charge is -2.30. The van der Waals surface area contributed by atoms with Crippen molar-refractivity contribution in [2.24, 2.45) is 11.8 Å². The van der Waals surface area contributed by atoms with Crippen LogP contribution in [0.3, 0.4) is 0 Å². The normalized spacial score (nSPS) is 23.8. The van der Waals surface area contributed by atoms with Crippen molar-refractivity contribution in [1.82, 2.24) is 9.80 Å². The van der Waals surface area contributed by atoms with E-state index in [4.69, 9.17) is 11.6 Å². The van der Waals surface area contributed by atoms with Crippen LogP contribution < -0.4 is 0 Å². The summed E-state index contributed by atoms with van der Waals surface area (Å²) in [5.41, 5.74) is 2.17. The highest BCUT2D eigenvalue weighted by atomic mass is 35.5. The molecule has 2 aliphatic heterocycles. The zero-order valence-corrected chi connectivity index (χ0v) is 16.6. The van der Waals surface area contributed by atoms with Crippen LogP contribution >= 0.6 is 11.6 Å². The lowest BCUT2D eigenvalue weighted by atomic mass is 9.87. The first kappa shape index (κ1) is 18.9. The Kier molecular flexibility index (Phi) is 4.88. The fraction of sp³-hybridized carbons (Fsp3) is 0.364. The Labute approximate surface area is 168 Å². The predicted octanol–water partition coefficient (Wildman–Crippen LogP) is 4.08. The highest BCUT2D eigenvalue weighted by molar-refractivity contribution is 6.33. The summed E-state index contributed by atoms with van der Waals surface area (Å²) in [6.07, 6.45) is 0. The molecule has 6 heteroatoms. The largest absolute Gasteiger partial charge is 0.338 e. The van der Waals surface area contributed by atoms with Crippen LogP contribution in [-0.2, 0) is 4.79 Å². The van der Waals surface area contributed by atoms with Crippen molar-refractivity contribution in [1.29, 1.82) is 0 Å². The summed E-state index contributed by atoms with van der Waals surface area (Å²) in [6, 6.07) is 12.3. The number of rotatable bonds is 2. The molecule has 28 heavy (non-hydrogen) atoms.